The fraction of sp³-hybridized carbons (Fsp3) is 0.571. The van der Waals surface area contributed by atoms with E-state index in [0.29, 0.717) is 13.1 Å². The molecule has 134 valence electrons. The van der Waals surface area contributed by atoms with Crippen LogP contribution in [0.1, 0.15) is 25.7 Å². The number of rotatable bonds is 6. The zero-order valence-corrected chi connectivity index (χ0v) is 14.3. The second-order valence-corrected chi connectivity index (χ2v) is 5.77. The van der Waals surface area contributed by atoms with Gasteiger partial charge in [-0.3, -0.25) is 10.8 Å². The van der Waals surface area contributed by atoms with E-state index in [-0.39, 0.29) is 23.8 Å². The van der Waals surface area contributed by atoms with E-state index in [1.807, 2.05) is 0 Å². The van der Waals surface area contributed by atoms with Crippen LogP contribution in [0.25, 0.3) is 0 Å². The summed E-state index contributed by atoms with van der Waals surface area (Å²) in [7, 11) is 3.58. The third-order valence-electron chi connectivity index (χ3n) is 3.92. The molecule has 0 aliphatic heterocycles. The first-order valence-electron chi connectivity index (χ1n) is 7.69. The molecule has 24 heavy (non-hydrogen) atoms. The van der Waals surface area contributed by atoms with E-state index in [0.717, 1.165) is 25.7 Å². The molecule has 0 heterocycles. The van der Waals surface area contributed by atoms with Gasteiger partial charge < -0.3 is 32.7 Å². The number of aliphatic imine (C=N–C) groups is 2. The summed E-state index contributed by atoms with van der Waals surface area (Å²) < 4.78 is 0. The highest BCUT2D eigenvalue weighted by molar-refractivity contribution is 5.92. The van der Waals surface area contributed by atoms with Gasteiger partial charge in [0.1, 0.15) is 0 Å². The van der Waals surface area contributed by atoms with Crippen LogP contribution in [0, 0.1) is 10.8 Å². The van der Waals surface area contributed by atoms with Gasteiger partial charge in [-0.05, 0) is 25.7 Å². The minimum Gasteiger partial charge on any atom is -0.370 e. The van der Waals surface area contributed by atoms with Crippen molar-refractivity contribution in [2.24, 2.45) is 32.9 Å². The molecule has 1 rings (SSSR count). The van der Waals surface area contributed by atoms with Crippen molar-refractivity contribution < 1.29 is 0 Å². The minimum atomic E-state index is -0.110. The molecule has 0 atom stereocenters. The van der Waals surface area contributed by atoms with E-state index in [1.165, 1.54) is 11.1 Å². The van der Waals surface area contributed by atoms with Crippen molar-refractivity contribution in [3.63, 3.8) is 0 Å². The van der Waals surface area contributed by atoms with Crippen molar-refractivity contribution in [3.8, 4) is 0 Å². The van der Waals surface area contributed by atoms with Crippen molar-refractivity contribution in [1.82, 2.24) is 9.80 Å². The summed E-state index contributed by atoms with van der Waals surface area (Å²) in [6.45, 7) is 1.38. The average molecular weight is 336 g/mol. The molecule has 0 bridgehead atoms. The Hall–Kier alpha value is -2.78. The van der Waals surface area contributed by atoms with Gasteiger partial charge in [-0.25, -0.2) is 0 Å². The number of nitrogens with zero attached hydrogens (tertiary/aromatic N) is 4. The third-order valence-corrected chi connectivity index (χ3v) is 3.92. The maximum absolute atomic E-state index is 7.73. The predicted molar refractivity (Wildman–Crippen MR) is 97.8 cm³/mol. The highest BCUT2D eigenvalue weighted by Crippen LogP contribution is 2.32. The minimum absolute atomic E-state index is 0.0573. The van der Waals surface area contributed by atoms with Gasteiger partial charge in [-0.15, -0.1) is 0 Å². The van der Waals surface area contributed by atoms with Crippen LogP contribution in [0.3, 0.4) is 0 Å². The maximum atomic E-state index is 7.73. The highest BCUT2D eigenvalue weighted by Gasteiger charge is 2.18. The van der Waals surface area contributed by atoms with Gasteiger partial charge in [0.05, 0.1) is 0 Å². The number of nitrogens with two attached hydrogens (primary N) is 4. The summed E-state index contributed by atoms with van der Waals surface area (Å²) in [6, 6.07) is 0. The lowest BCUT2D eigenvalue weighted by Crippen LogP contribution is -2.32. The lowest BCUT2D eigenvalue weighted by Gasteiger charge is -2.28. The largest absolute Gasteiger partial charge is 0.370 e. The fourth-order valence-electron chi connectivity index (χ4n) is 2.31. The van der Waals surface area contributed by atoms with Crippen LogP contribution < -0.4 is 22.9 Å². The Morgan fingerprint density at radius 1 is 0.833 bits per heavy atom. The first-order valence-corrected chi connectivity index (χ1v) is 7.69. The Kier molecular flexibility index (Phi) is 7.02. The van der Waals surface area contributed by atoms with Gasteiger partial charge in [0.25, 0.3) is 0 Å². The first-order chi connectivity index (χ1) is 11.2. The van der Waals surface area contributed by atoms with Crippen molar-refractivity contribution in [1.29, 1.82) is 10.8 Å². The van der Waals surface area contributed by atoms with Crippen LogP contribution in [0.2, 0.25) is 0 Å². The molecule has 10 heteroatoms. The second kappa shape index (κ2) is 8.75. The van der Waals surface area contributed by atoms with Crippen LogP contribution in [0.15, 0.2) is 21.1 Å². The summed E-state index contributed by atoms with van der Waals surface area (Å²) >= 11 is 0. The molecule has 0 aromatic rings. The van der Waals surface area contributed by atoms with Crippen molar-refractivity contribution >= 4 is 23.8 Å². The van der Waals surface area contributed by atoms with Gasteiger partial charge in [0, 0.05) is 27.2 Å². The average Bonchev–Trinajstić information content (AvgIpc) is 2.44. The van der Waals surface area contributed by atoms with Crippen molar-refractivity contribution in [3.05, 3.63) is 11.1 Å². The molecule has 0 aromatic heterocycles. The molecule has 0 radical (unpaired) electrons. The summed E-state index contributed by atoms with van der Waals surface area (Å²) in [6.07, 6.45) is 3.91. The van der Waals surface area contributed by atoms with E-state index in [4.69, 9.17) is 33.8 Å². The lowest BCUT2D eigenvalue weighted by atomic mass is 9.84. The van der Waals surface area contributed by atoms with Crippen LogP contribution >= 0.6 is 0 Å². The topological polar surface area (TPSA) is 183 Å². The number of nitrogens with one attached hydrogen (secondary N) is 2. The van der Waals surface area contributed by atoms with E-state index >= 15 is 0 Å². The molecule has 0 amide bonds. The van der Waals surface area contributed by atoms with E-state index in [1.54, 1.807) is 23.9 Å². The quantitative estimate of drug-likeness (QED) is 0.208. The van der Waals surface area contributed by atoms with Crippen molar-refractivity contribution in [2.75, 3.05) is 27.2 Å². The number of hydrogen-bond acceptors (Lipinski definition) is 2. The van der Waals surface area contributed by atoms with Gasteiger partial charge in [-0.1, -0.05) is 11.1 Å². The van der Waals surface area contributed by atoms with Crippen LogP contribution in [-0.2, 0) is 0 Å². The Balaban J connectivity index is 2.45. The fourth-order valence-corrected chi connectivity index (χ4v) is 2.31. The van der Waals surface area contributed by atoms with Crippen molar-refractivity contribution in [2.45, 2.75) is 25.7 Å². The highest BCUT2D eigenvalue weighted by atomic mass is 15.3. The molecule has 0 aromatic carbocycles. The summed E-state index contributed by atoms with van der Waals surface area (Å²) in [5.74, 6) is -0.105. The Morgan fingerprint density at radius 2 is 1.17 bits per heavy atom. The SMILES string of the molecule is CN(CCC1=C(CCN(C)C(=N)N=C(N)N)CC1)C(=N)N=C(N)N. The van der Waals surface area contributed by atoms with E-state index in [2.05, 4.69) is 9.98 Å². The van der Waals surface area contributed by atoms with E-state index in [9.17, 15) is 0 Å². The zero-order chi connectivity index (χ0) is 18.3. The van der Waals surface area contributed by atoms with Gasteiger partial charge in [0.2, 0.25) is 11.9 Å². The van der Waals surface area contributed by atoms with Crippen LogP contribution in [0.5, 0.6) is 0 Å². The smallest absolute Gasteiger partial charge is 0.220 e. The number of hydrogen-bond donors (Lipinski definition) is 6. The standard InChI is InChI=1S/C14H28N10/c1-23(13(19)21-11(15)16)7-5-9-3-4-10(9)6-8-24(2)14(20)22-12(17)18/h3-8H2,1-2H3,(H5,15,16,19,21)(H5,17,18,20,22). The van der Waals surface area contributed by atoms with E-state index < -0.39 is 0 Å². The molecule has 0 saturated heterocycles. The van der Waals surface area contributed by atoms with Crippen LogP contribution in [-0.4, -0.2) is 60.8 Å². The number of guanidine groups is 4. The maximum Gasteiger partial charge on any atom is 0.220 e. The van der Waals surface area contributed by atoms with Gasteiger partial charge >= 0.3 is 0 Å². The predicted octanol–water partition coefficient (Wildman–Crippen LogP) is -0.863. The normalized spacial score (nSPS) is 12.9. The molecule has 10 N–H and O–H groups in total. The monoisotopic (exact) mass is 336 g/mol. The summed E-state index contributed by atoms with van der Waals surface area (Å²) in [5, 5.41) is 15.5. The Bertz CT molecular complexity index is 516. The molecule has 10 nitrogen and oxygen atoms in total. The third kappa shape index (κ3) is 6.15. The molecule has 1 aliphatic carbocycles. The summed E-state index contributed by atoms with van der Waals surface area (Å²) in [4.78, 5) is 10.9. The van der Waals surface area contributed by atoms with Gasteiger partial charge in [0.15, 0.2) is 11.9 Å². The molecule has 1 aliphatic rings. The lowest BCUT2D eigenvalue weighted by molar-refractivity contribution is 0.468. The molecular weight excluding hydrogens is 308 g/mol. The molecular formula is C14H28N10. The molecule has 0 saturated carbocycles. The summed E-state index contributed by atoms with van der Waals surface area (Å²) in [5.41, 5.74) is 23.9. The second-order valence-electron chi connectivity index (χ2n) is 5.77. The molecule has 0 fully saturated rings. The zero-order valence-electron chi connectivity index (χ0n) is 14.3. The van der Waals surface area contributed by atoms with Gasteiger partial charge in [-0.2, -0.15) is 9.98 Å². The first kappa shape index (κ1) is 19.3. The molecule has 0 spiro atoms. The Labute approximate surface area is 142 Å². The Morgan fingerprint density at radius 3 is 1.42 bits per heavy atom. The molecule has 0 unspecified atom stereocenters. The van der Waals surface area contributed by atoms with Crippen LogP contribution in [0.4, 0.5) is 0 Å².